The lowest BCUT2D eigenvalue weighted by Crippen LogP contribution is -2.03. The van der Waals surface area contributed by atoms with E-state index in [1.807, 2.05) is 31.2 Å². The van der Waals surface area contributed by atoms with Crippen molar-refractivity contribution >= 4 is 33.1 Å². The predicted octanol–water partition coefficient (Wildman–Crippen LogP) is 4.15. The van der Waals surface area contributed by atoms with Crippen molar-refractivity contribution in [2.75, 3.05) is 12.5 Å². The minimum absolute atomic E-state index is 0.728. The van der Waals surface area contributed by atoms with Gasteiger partial charge in [0.25, 0.3) is 0 Å². The SMILES string of the molecule is COc1ccccc1/C(C)=N\Nc1ncnc2sc(C)c(C)c12. The summed E-state index contributed by atoms with van der Waals surface area (Å²) >= 11 is 1.67. The summed E-state index contributed by atoms with van der Waals surface area (Å²) < 4.78 is 5.38. The van der Waals surface area contributed by atoms with E-state index in [0.717, 1.165) is 33.1 Å². The molecule has 0 spiro atoms. The van der Waals surface area contributed by atoms with E-state index in [9.17, 15) is 0 Å². The van der Waals surface area contributed by atoms with Crippen molar-refractivity contribution in [2.24, 2.45) is 5.10 Å². The van der Waals surface area contributed by atoms with E-state index in [2.05, 4.69) is 34.3 Å². The fourth-order valence-corrected chi connectivity index (χ4v) is 3.40. The second-order valence-corrected chi connectivity index (χ2v) is 6.40. The van der Waals surface area contributed by atoms with Crippen LogP contribution in [0.4, 0.5) is 5.82 Å². The molecule has 2 heterocycles. The van der Waals surface area contributed by atoms with Gasteiger partial charge < -0.3 is 4.74 Å². The first-order valence-electron chi connectivity index (χ1n) is 7.26. The normalized spacial score (nSPS) is 11.7. The highest BCUT2D eigenvalue weighted by molar-refractivity contribution is 7.18. The minimum Gasteiger partial charge on any atom is -0.496 e. The van der Waals surface area contributed by atoms with Gasteiger partial charge in [0.1, 0.15) is 16.9 Å². The van der Waals surface area contributed by atoms with E-state index in [0.29, 0.717) is 0 Å². The molecule has 0 atom stereocenters. The number of ether oxygens (including phenoxy) is 1. The lowest BCUT2D eigenvalue weighted by molar-refractivity contribution is 0.414. The molecule has 0 amide bonds. The van der Waals surface area contributed by atoms with Crippen LogP contribution in [-0.2, 0) is 0 Å². The average molecular weight is 326 g/mol. The minimum atomic E-state index is 0.728. The van der Waals surface area contributed by atoms with Crippen molar-refractivity contribution in [3.05, 3.63) is 46.6 Å². The fraction of sp³-hybridized carbons (Fsp3) is 0.235. The zero-order valence-electron chi connectivity index (χ0n) is 13.5. The summed E-state index contributed by atoms with van der Waals surface area (Å²) in [6.07, 6.45) is 1.56. The summed E-state index contributed by atoms with van der Waals surface area (Å²) in [4.78, 5) is 10.9. The molecule has 1 N–H and O–H groups in total. The second kappa shape index (κ2) is 6.34. The molecule has 0 radical (unpaired) electrons. The van der Waals surface area contributed by atoms with E-state index < -0.39 is 0 Å². The van der Waals surface area contributed by atoms with E-state index in [1.54, 1.807) is 24.8 Å². The van der Waals surface area contributed by atoms with Gasteiger partial charge in [0, 0.05) is 10.4 Å². The first-order chi connectivity index (χ1) is 11.1. The molecule has 0 bridgehead atoms. The maximum absolute atomic E-state index is 5.38. The molecule has 23 heavy (non-hydrogen) atoms. The first-order valence-corrected chi connectivity index (χ1v) is 8.08. The maximum atomic E-state index is 5.38. The van der Waals surface area contributed by atoms with Gasteiger partial charge in [-0.05, 0) is 38.5 Å². The summed E-state index contributed by atoms with van der Waals surface area (Å²) in [6, 6.07) is 7.80. The number of nitrogens with zero attached hydrogens (tertiary/aromatic N) is 3. The molecule has 0 aliphatic rings. The number of anilines is 1. The lowest BCUT2D eigenvalue weighted by Gasteiger charge is -2.08. The number of methoxy groups -OCH3 is 1. The van der Waals surface area contributed by atoms with Crippen LogP contribution in [0, 0.1) is 13.8 Å². The molecule has 0 saturated carbocycles. The lowest BCUT2D eigenvalue weighted by atomic mass is 10.1. The molecule has 3 rings (SSSR count). The second-order valence-electron chi connectivity index (χ2n) is 5.19. The van der Waals surface area contributed by atoms with Gasteiger partial charge in [0.15, 0.2) is 5.82 Å². The number of hydrazone groups is 1. The standard InChI is InChI=1S/C17H18N4OS/c1-10-12(3)23-17-15(10)16(18-9-19-17)21-20-11(2)13-7-5-6-8-14(13)22-4/h5-9H,1-4H3,(H,18,19,21)/b20-11-. The third kappa shape index (κ3) is 2.90. The Bertz CT molecular complexity index is 885. The van der Waals surface area contributed by atoms with Gasteiger partial charge in [0.05, 0.1) is 18.2 Å². The summed E-state index contributed by atoms with van der Waals surface area (Å²) in [7, 11) is 1.66. The zero-order chi connectivity index (χ0) is 16.4. The van der Waals surface area contributed by atoms with E-state index >= 15 is 0 Å². The summed E-state index contributed by atoms with van der Waals surface area (Å²) in [6.45, 7) is 6.11. The van der Waals surface area contributed by atoms with Crippen molar-refractivity contribution in [3.63, 3.8) is 0 Å². The van der Waals surface area contributed by atoms with Crippen LogP contribution < -0.4 is 10.2 Å². The topological polar surface area (TPSA) is 59.4 Å². The van der Waals surface area contributed by atoms with Crippen LogP contribution in [0.2, 0.25) is 0 Å². The molecule has 0 aliphatic carbocycles. The Labute approximate surface area is 139 Å². The van der Waals surface area contributed by atoms with Crippen molar-refractivity contribution in [2.45, 2.75) is 20.8 Å². The molecular weight excluding hydrogens is 308 g/mol. The number of aryl methyl sites for hydroxylation is 2. The van der Waals surface area contributed by atoms with Crippen molar-refractivity contribution in [1.82, 2.24) is 9.97 Å². The van der Waals surface area contributed by atoms with E-state index in [1.165, 1.54) is 10.4 Å². The molecule has 1 aromatic carbocycles. The maximum Gasteiger partial charge on any atom is 0.158 e. The highest BCUT2D eigenvalue weighted by Gasteiger charge is 2.12. The molecule has 118 valence electrons. The molecule has 0 unspecified atom stereocenters. The monoisotopic (exact) mass is 326 g/mol. The number of para-hydroxylation sites is 1. The molecular formula is C17H18N4OS. The van der Waals surface area contributed by atoms with Gasteiger partial charge in [-0.1, -0.05) is 12.1 Å². The number of hydrogen-bond donors (Lipinski definition) is 1. The predicted molar refractivity (Wildman–Crippen MR) is 95.7 cm³/mol. The van der Waals surface area contributed by atoms with E-state index in [4.69, 9.17) is 4.74 Å². The average Bonchev–Trinajstić information content (AvgIpc) is 2.87. The van der Waals surface area contributed by atoms with Crippen LogP contribution >= 0.6 is 11.3 Å². The van der Waals surface area contributed by atoms with Crippen molar-refractivity contribution in [3.8, 4) is 5.75 Å². The smallest absolute Gasteiger partial charge is 0.158 e. The van der Waals surface area contributed by atoms with Crippen LogP contribution in [0.25, 0.3) is 10.2 Å². The highest BCUT2D eigenvalue weighted by Crippen LogP contribution is 2.32. The molecule has 3 aromatic rings. The Kier molecular flexibility index (Phi) is 4.25. The molecule has 2 aromatic heterocycles. The van der Waals surface area contributed by atoms with Gasteiger partial charge in [-0.2, -0.15) is 5.10 Å². The summed E-state index contributed by atoms with van der Waals surface area (Å²) in [5, 5.41) is 5.51. The third-order valence-electron chi connectivity index (χ3n) is 3.79. The number of aromatic nitrogens is 2. The van der Waals surface area contributed by atoms with Crippen molar-refractivity contribution in [1.29, 1.82) is 0 Å². The quantitative estimate of drug-likeness (QED) is 0.578. The molecule has 0 aliphatic heterocycles. The first kappa shape index (κ1) is 15.4. The largest absolute Gasteiger partial charge is 0.496 e. The number of fused-ring (bicyclic) bond motifs is 1. The van der Waals surface area contributed by atoms with Crippen LogP contribution in [0.1, 0.15) is 22.9 Å². The summed E-state index contributed by atoms with van der Waals surface area (Å²) in [5.74, 6) is 1.53. The molecule has 5 nitrogen and oxygen atoms in total. The Hall–Kier alpha value is -2.47. The van der Waals surface area contributed by atoms with Crippen LogP contribution in [-0.4, -0.2) is 22.8 Å². The van der Waals surface area contributed by atoms with Gasteiger partial charge in [-0.15, -0.1) is 11.3 Å². The number of hydrogen-bond acceptors (Lipinski definition) is 6. The molecule has 0 fully saturated rings. The molecule has 6 heteroatoms. The van der Waals surface area contributed by atoms with Gasteiger partial charge in [-0.25, -0.2) is 9.97 Å². The highest BCUT2D eigenvalue weighted by atomic mass is 32.1. The van der Waals surface area contributed by atoms with Gasteiger partial charge in [-0.3, -0.25) is 5.43 Å². The Morgan fingerprint density at radius 2 is 2.00 bits per heavy atom. The van der Waals surface area contributed by atoms with E-state index in [-0.39, 0.29) is 0 Å². The van der Waals surface area contributed by atoms with Gasteiger partial charge in [0.2, 0.25) is 0 Å². The Balaban J connectivity index is 1.96. The number of benzene rings is 1. The van der Waals surface area contributed by atoms with Gasteiger partial charge >= 0.3 is 0 Å². The molecule has 0 saturated heterocycles. The number of rotatable bonds is 4. The Morgan fingerprint density at radius 3 is 2.78 bits per heavy atom. The Morgan fingerprint density at radius 1 is 1.22 bits per heavy atom. The fourth-order valence-electron chi connectivity index (χ4n) is 2.41. The third-order valence-corrected chi connectivity index (χ3v) is 4.91. The summed E-state index contributed by atoms with van der Waals surface area (Å²) in [5.41, 5.74) is 6.05. The number of thiophene rings is 1. The number of nitrogens with one attached hydrogen (secondary N) is 1. The zero-order valence-corrected chi connectivity index (χ0v) is 14.4. The van der Waals surface area contributed by atoms with Crippen LogP contribution in [0.3, 0.4) is 0 Å². The van der Waals surface area contributed by atoms with Crippen LogP contribution in [0.15, 0.2) is 35.7 Å². The van der Waals surface area contributed by atoms with Crippen LogP contribution in [0.5, 0.6) is 5.75 Å². The van der Waals surface area contributed by atoms with Crippen molar-refractivity contribution < 1.29 is 4.74 Å².